The zero-order valence-corrected chi connectivity index (χ0v) is 11.5. The van der Waals surface area contributed by atoms with Crippen molar-refractivity contribution in [2.45, 2.75) is 38.3 Å². The summed E-state index contributed by atoms with van der Waals surface area (Å²) >= 11 is 0. The number of hydrogen-bond donors (Lipinski definition) is 1. The number of methoxy groups -OCH3 is 2. The summed E-state index contributed by atoms with van der Waals surface area (Å²) in [5.74, 6) is 0. The third-order valence-corrected chi connectivity index (χ3v) is 3.03. The van der Waals surface area contributed by atoms with Gasteiger partial charge in [0.15, 0.2) is 0 Å². The summed E-state index contributed by atoms with van der Waals surface area (Å²) in [6.45, 7) is 6.67. The molecule has 0 aromatic heterocycles. The van der Waals surface area contributed by atoms with Gasteiger partial charge in [0, 0.05) is 40.0 Å². The van der Waals surface area contributed by atoms with E-state index >= 15 is 0 Å². The molecule has 16 heavy (non-hydrogen) atoms. The molecule has 0 spiro atoms. The maximum atomic E-state index is 5.81. The third kappa shape index (κ3) is 6.43. The van der Waals surface area contributed by atoms with Crippen LogP contribution in [0.3, 0.4) is 0 Å². The maximum absolute atomic E-state index is 5.81. The van der Waals surface area contributed by atoms with Crippen LogP contribution in [0.25, 0.3) is 0 Å². The molecule has 4 heteroatoms. The molecule has 0 radical (unpaired) electrons. The van der Waals surface area contributed by atoms with Crippen LogP contribution in [0.15, 0.2) is 0 Å². The van der Waals surface area contributed by atoms with Gasteiger partial charge in [0.05, 0.1) is 5.60 Å². The van der Waals surface area contributed by atoms with Crippen LogP contribution in [0.2, 0.25) is 0 Å². The smallest absolute Gasteiger partial charge is 0.0638 e. The van der Waals surface area contributed by atoms with Gasteiger partial charge in [-0.1, -0.05) is 0 Å². The van der Waals surface area contributed by atoms with E-state index in [0.29, 0.717) is 12.6 Å². The molecule has 0 rings (SSSR count). The summed E-state index contributed by atoms with van der Waals surface area (Å²) in [5, 5.41) is 0. The first kappa shape index (κ1) is 15.8. The van der Waals surface area contributed by atoms with Crippen LogP contribution in [-0.4, -0.2) is 57.5 Å². The Morgan fingerprint density at radius 2 is 1.94 bits per heavy atom. The van der Waals surface area contributed by atoms with Gasteiger partial charge in [0.2, 0.25) is 0 Å². The Morgan fingerprint density at radius 3 is 2.38 bits per heavy atom. The number of nitrogens with two attached hydrogens (primary N) is 1. The predicted molar refractivity (Wildman–Crippen MR) is 67.7 cm³/mol. The van der Waals surface area contributed by atoms with Gasteiger partial charge in [-0.3, -0.25) is 0 Å². The van der Waals surface area contributed by atoms with Crippen molar-refractivity contribution in [1.82, 2.24) is 4.90 Å². The van der Waals surface area contributed by atoms with Gasteiger partial charge in [-0.15, -0.1) is 0 Å². The van der Waals surface area contributed by atoms with Crippen molar-refractivity contribution in [2.24, 2.45) is 5.73 Å². The van der Waals surface area contributed by atoms with Crippen molar-refractivity contribution in [3.63, 3.8) is 0 Å². The Morgan fingerprint density at radius 1 is 1.31 bits per heavy atom. The summed E-state index contributed by atoms with van der Waals surface area (Å²) < 4.78 is 10.5. The highest BCUT2D eigenvalue weighted by molar-refractivity contribution is 4.80. The van der Waals surface area contributed by atoms with Crippen LogP contribution in [0.1, 0.15) is 26.7 Å². The molecular formula is C12H28N2O2. The minimum atomic E-state index is -0.112. The standard InChI is InChI=1S/C12H28N2O2/c1-12(2,16-5)9-11(10-13)14(3)7-6-8-15-4/h11H,6-10,13H2,1-5H3. The molecule has 2 N–H and O–H groups in total. The lowest BCUT2D eigenvalue weighted by atomic mass is 9.98. The van der Waals surface area contributed by atoms with Crippen molar-refractivity contribution < 1.29 is 9.47 Å². The quantitative estimate of drug-likeness (QED) is 0.605. The zero-order valence-electron chi connectivity index (χ0n) is 11.5. The molecule has 0 heterocycles. The van der Waals surface area contributed by atoms with Crippen molar-refractivity contribution in [2.75, 3.05) is 41.0 Å². The minimum Gasteiger partial charge on any atom is -0.385 e. The van der Waals surface area contributed by atoms with E-state index in [1.165, 1.54) is 0 Å². The van der Waals surface area contributed by atoms with Gasteiger partial charge in [-0.2, -0.15) is 0 Å². The molecule has 0 aliphatic carbocycles. The number of ether oxygens (including phenoxy) is 2. The molecule has 0 aliphatic rings. The van der Waals surface area contributed by atoms with Crippen LogP contribution in [0.5, 0.6) is 0 Å². The largest absolute Gasteiger partial charge is 0.385 e. The molecule has 0 amide bonds. The topological polar surface area (TPSA) is 47.7 Å². The SMILES string of the molecule is COCCCN(C)C(CN)CC(C)(C)OC. The molecule has 4 nitrogen and oxygen atoms in total. The lowest BCUT2D eigenvalue weighted by Gasteiger charge is -2.33. The molecule has 0 saturated carbocycles. The van der Waals surface area contributed by atoms with Gasteiger partial charge < -0.3 is 20.1 Å². The Labute approximate surface area is 100 Å². The Balaban J connectivity index is 4.05. The fourth-order valence-corrected chi connectivity index (χ4v) is 1.71. The lowest BCUT2D eigenvalue weighted by molar-refractivity contribution is -0.00510. The van der Waals surface area contributed by atoms with Gasteiger partial charge in [-0.25, -0.2) is 0 Å². The molecule has 0 saturated heterocycles. The average molecular weight is 232 g/mol. The van der Waals surface area contributed by atoms with Crippen LogP contribution >= 0.6 is 0 Å². The van der Waals surface area contributed by atoms with Gasteiger partial charge in [0.25, 0.3) is 0 Å². The van der Waals surface area contributed by atoms with Crippen LogP contribution in [0.4, 0.5) is 0 Å². The van der Waals surface area contributed by atoms with E-state index in [1.54, 1.807) is 14.2 Å². The summed E-state index contributed by atoms with van der Waals surface area (Å²) in [5.41, 5.74) is 5.70. The normalized spacial score (nSPS) is 14.4. The number of likely N-dealkylation sites (N-methyl/N-ethyl adjacent to an activating group) is 1. The zero-order chi connectivity index (χ0) is 12.6. The first-order valence-corrected chi connectivity index (χ1v) is 5.91. The molecule has 0 aromatic carbocycles. The Kier molecular flexibility index (Phi) is 7.93. The summed E-state index contributed by atoms with van der Waals surface area (Å²) in [7, 11) is 5.59. The first-order valence-electron chi connectivity index (χ1n) is 5.91. The van der Waals surface area contributed by atoms with E-state index in [2.05, 4.69) is 25.8 Å². The number of rotatable bonds is 9. The minimum absolute atomic E-state index is 0.112. The molecule has 0 aromatic rings. The van der Waals surface area contributed by atoms with Crippen molar-refractivity contribution >= 4 is 0 Å². The van der Waals surface area contributed by atoms with E-state index < -0.39 is 0 Å². The Hall–Kier alpha value is -0.160. The fourth-order valence-electron chi connectivity index (χ4n) is 1.71. The Bertz CT molecular complexity index is 174. The van der Waals surface area contributed by atoms with Gasteiger partial charge in [0.1, 0.15) is 0 Å². The summed E-state index contributed by atoms with van der Waals surface area (Å²) in [6, 6.07) is 0.367. The molecule has 0 fully saturated rings. The molecule has 98 valence electrons. The number of nitrogens with zero attached hydrogens (tertiary/aromatic N) is 1. The molecule has 0 aliphatic heterocycles. The lowest BCUT2D eigenvalue weighted by Crippen LogP contribution is -2.44. The van der Waals surface area contributed by atoms with E-state index in [4.69, 9.17) is 15.2 Å². The highest BCUT2D eigenvalue weighted by Gasteiger charge is 2.24. The third-order valence-electron chi connectivity index (χ3n) is 3.03. The van der Waals surface area contributed by atoms with Crippen molar-refractivity contribution in [3.05, 3.63) is 0 Å². The fraction of sp³-hybridized carbons (Fsp3) is 1.00. The second-order valence-corrected chi connectivity index (χ2v) is 4.88. The highest BCUT2D eigenvalue weighted by Crippen LogP contribution is 2.18. The van der Waals surface area contributed by atoms with Crippen LogP contribution < -0.4 is 5.73 Å². The highest BCUT2D eigenvalue weighted by atomic mass is 16.5. The molecule has 1 atom stereocenters. The van der Waals surface area contributed by atoms with Gasteiger partial charge >= 0.3 is 0 Å². The average Bonchev–Trinajstić information content (AvgIpc) is 2.26. The second-order valence-electron chi connectivity index (χ2n) is 4.88. The van der Waals surface area contributed by atoms with E-state index in [0.717, 1.165) is 26.0 Å². The second kappa shape index (κ2) is 8.01. The maximum Gasteiger partial charge on any atom is 0.0638 e. The van der Waals surface area contributed by atoms with E-state index in [-0.39, 0.29) is 5.60 Å². The monoisotopic (exact) mass is 232 g/mol. The van der Waals surface area contributed by atoms with Crippen LogP contribution in [0, 0.1) is 0 Å². The summed E-state index contributed by atoms with van der Waals surface area (Å²) in [4.78, 5) is 2.29. The van der Waals surface area contributed by atoms with E-state index in [9.17, 15) is 0 Å². The summed E-state index contributed by atoms with van der Waals surface area (Å²) in [6.07, 6.45) is 1.99. The molecule has 0 bridgehead atoms. The molecular weight excluding hydrogens is 204 g/mol. The van der Waals surface area contributed by atoms with Crippen molar-refractivity contribution in [1.29, 1.82) is 0 Å². The predicted octanol–water partition coefficient (Wildman–Crippen LogP) is 1.10. The van der Waals surface area contributed by atoms with Crippen LogP contribution in [-0.2, 0) is 9.47 Å². The number of hydrogen-bond acceptors (Lipinski definition) is 4. The molecule has 1 unspecified atom stereocenters. The first-order chi connectivity index (χ1) is 7.46. The van der Waals surface area contributed by atoms with Crippen molar-refractivity contribution in [3.8, 4) is 0 Å². The van der Waals surface area contributed by atoms with E-state index in [1.807, 2.05) is 0 Å². The van der Waals surface area contributed by atoms with Gasteiger partial charge in [-0.05, 0) is 33.7 Å².